The molecule has 0 aromatic carbocycles. The van der Waals surface area contributed by atoms with E-state index in [-0.39, 0.29) is 17.3 Å². The monoisotopic (exact) mass is 227 g/mol. The van der Waals surface area contributed by atoms with Crippen LogP contribution in [0.25, 0.3) is 0 Å². The predicted octanol–water partition coefficient (Wildman–Crippen LogP) is 0.777. The lowest BCUT2D eigenvalue weighted by molar-refractivity contribution is -0.155. The Kier molecular flexibility index (Phi) is 3.21. The number of nitrogens with two attached hydrogens (primary N) is 1. The molecule has 0 spiro atoms. The lowest BCUT2D eigenvalue weighted by atomic mass is 9.53. The van der Waals surface area contributed by atoms with Crippen LogP contribution in [0.3, 0.4) is 0 Å². The molecule has 0 aromatic rings. The number of carboxylic acid groups (broad SMARTS) is 1. The van der Waals surface area contributed by atoms with Crippen LogP contribution in [0.2, 0.25) is 0 Å². The van der Waals surface area contributed by atoms with Crippen molar-refractivity contribution in [1.82, 2.24) is 5.43 Å². The second-order valence-electron chi connectivity index (χ2n) is 4.73. The van der Waals surface area contributed by atoms with Crippen LogP contribution in [-0.2, 0) is 4.79 Å². The molecule has 2 unspecified atom stereocenters. The summed E-state index contributed by atoms with van der Waals surface area (Å²) in [5, 5.41) is 12.8. The molecular weight excluding hydrogens is 210 g/mol. The molecule has 1 rings (SSSR count). The van der Waals surface area contributed by atoms with Crippen molar-refractivity contribution in [1.29, 1.82) is 0 Å². The third-order valence-electron chi connectivity index (χ3n) is 3.41. The third-order valence-corrected chi connectivity index (χ3v) is 3.41. The first kappa shape index (κ1) is 12.5. The van der Waals surface area contributed by atoms with E-state index < -0.39 is 12.0 Å². The Morgan fingerprint density at radius 3 is 2.38 bits per heavy atom. The SMILES string of the molecule is C/C(=N\NC(N)=O)C1CC(C(=O)O)C1(C)C. The Hall–Kier alpha value is -1.59. The van der Waals surface area contributed by atoms with Gasteiger partial charge in [0.05, 0.1) is 5.92 Å². The maximum Gasteiger partial charge on any atom is 0.332 e. The summed E-state index contributed by atoms with van der Waals surface area (Å²) in [7, 11) is 0. The Morgan fingerprint density at radius 2 is 2.00 bits per heavy atom. The van der Waals surface area contributed by atoms with Crippen LogP contribution in [-0.4, -0.2) is 22.8 Å². The highest BCUT2D eigenvalue weighted by Crippen LogP contribution is 2.51. The average molecular weight is 227 g/mol. The van der Waals surface area contributed by atoms with E-state index in [9.17, 15) is 9.59 Å². The summed E-state index contributed by atoms with van der Waals surface area (Å²) in [5.41, 5.74) is 7.42. The summed E-state index contributed by atoms with van der Waals surface area (Å²) in [4.78, 5) is 21.4. The largest absolute Gasteiger partial charge is 0.481 e. The summed E-state index contributed by atoms with van der Waals surface area (Å²) in [5.74, 6) is -1.06. The van der Waals surface area contributed by atoms with Gasteiger partial charge in [0.2, 0.25) is 0 Å². The topological polar surface area (TPSA) is 105 Å². The van der Waals surface area contributed by atoms with Gasteiger partial charge in [-0.2, -0.15) is 5.10 Å². The van der Waals surface area contributed by atoms with Crippen LogP contribution in [0.15, 0.2) is 5.10 Å². The molecule has 1 saturated carbocycles. The van der Waals surface area contributed by atoms with Crippen molar-refractivity contribution in [3.05, 3.63) is 0 Å². The number of rotatable bonds is 3. The standard InChI is InChI=1S/C10H17N3O3/c1-5(12-13-9(11)16)6-4-7(8(14)15)10(6,2)3/h6-7H,4H2,1-3H3,(H,14,15)(H3,11,13,16)/b12-5+. The first-order chi connectivity index (χ1) is 7.26. The molecule has 0 heterocycles. The summed E-state index contributed by atoms with van der Waals surface area (Å²) in [6, 6.07) is -0.716. The molecule has 2 atom stereocenters. The number of aliphatic carboxylic acids is 1. The first-order valence-electron chi connectivity index (χ1n) is 5.09. The molecule has 4 N–H and O–H groups in total. The van der Waals surface area contributed by atoms with Gasteiger partial charge in [-0.1, -0.05) is 13.8 Å². The fraction of sp³-hybridized carbons (Fsp3) is 0.700. The zero-order valence-electron chi connectivity index (χ0n) is 9.65. The van der Waals surface area contributed by atoms with Crippen LogP contribution in [0.1, 0.15) is 27.2 Å². The predicted molar refractivity (Wildman–Crippen MR) is 58.8 cm³/mol. The molecule has 0 saturated heterocycles. The number of carboxylic acids is 1. The van der Waals surface area contributed by atoms with Gasteiger partial charge >= 0.3 is 12.0 Å². The van der Waals surface area contributed by atoms with E-state index in [1.54, 1.807) is 6.92 Å². The van der Waals surface area contributed by atoms with Gasteiger partial charge in [-0.15, -0.1) is 0 Å². The van der Waals surface area contributed by atoms with Crippen molar-refractivity contribution in [2.24, 2.45) is 28.1 Å². The molecule has 0 bridgehead atoms. The van der Waals surface area contributed by atoms with Crippen LogP contribution < -0.4 is 11.2 Å². The highest BCUT2D eigenvalue weighted by Gasteiger charge is 2.53. The summed E-state index contributed by atoms with van der Waals surface area (Å²) in [6.07, 6.45) is 0.554. The van der Waals surface area contributed by atoms with Gasteiger partial charge in [0, 0.05) is 11.6 Å². The fourth-order valence-electron chi connectivity index (χ4n) is 2.27. The smallest absolute Gasteiger partial charge is 0.332 e. The maximum absolute atomic E-state index is 10.9. The van der Waals surface area contributed by atoms with Crippen LogP contribution in [0.4, 0.5) is 4.79 Å². The average Bonchev–Trinajstić information content (AvgIpc) is 2.12. The molecule has 0 aliphatic heterocycles. The van der Waals surface area contributed by atoms with E-state index in [1.165, 1.54) is 0 Å². The second-order valence-corrected chi connectivity index (χ2v) is 4.73. The second kappa shape index (κ2) is 4.11. The van der Waals surface area contributed by atoms with E-state index >= 15 is 0 Å². The van der Waals surface area contributed by atoms with Crippen molar-refractivity contribution < 1.29 is 14.7 Å². The molecule has 1 aliphatic rings. The van der Waals surface area contributed by atoms with Crippen LogP contribution >= 0.6 is 0 Å². The molecule has 6 heteroatoms. The Labute approximate surface area is 93.9 Å². The number of carbonyl (C=O) groups excluding carboxylic acids is 1. The molecule has 0 aromatic heterocycles. The van der Waals surface area contributed by atoms with Gasteiger partial charge in [0.1, 0.15) is 0 Å². The van der Waals surface area contributed by atoms with E-state index in [1.807, 2.05) is 13.8 Å². The number of hydrazone groups is 1. The number of nitrogens with one attached hydrogen (secondary N) is 1. The van der Waals surface area contributed by atoms with Gasteiger partial charge in [-0.05, 0) is 18.8 Å². The van der Waals surface area contributed by atoms with Crippen LogP contribution in [0.5, 0.6) is 0 Å². The molecule has 90 valence electrons. The molecular formula is C10H17N3O3. The minimum atomic E-state index is -0.781. The zero-order chi connectivity index (χ0) is 12.5. The van der Waals surface area contributed by atoms with E-state index in [0.717, 1.165) is 0 Å². The zero-order valence-corrected chi connectivity index (χ0v) is 9.65. The number of hydrogen-bond acceptors (Lipinski definition) is 3. The number of amides is 2. The maximum atomic E-state index is 10.9. The van der Waals surface area contributed by atoms with Gasteiger partial charge in [-0.25, -0.2) is 10.2 Å². The normalized spacial score (nSPS) is 28.1. The van der Waals surface area contributed by atoms with Crippen molar-refractivity contribution in [3.63, 3.8) is 0 Å². The number of hydrogen-bond donors (Lipinski definition) is 3. The van der Waals surface area contributed by atoms with Crippen LogP contribution in [0, 0.1) is 17.3 Å². The third kappa shape index (κ3) is 2.15. The molecule has 1 aliphatic carbocycles. The summed E-state index contributed by atoms with van der Waals surface area (Å²) in [6.45, 7) is 5.55. The Bertz CT molecular complexity index is 349. The summed E-state index contributed by atoms with van der Waals surface area (Å²) >= 11 is 0. The molecule has 6 nitrogen and oxygen atoms in total. The molecule has 2 amide bonds. The number of primary amides is 1. The fourth-order valence-corrected chi connectivity index (χ4v) is 2.27. The quantitative estimate of drug-likeness (QED) is 0.490. The highest BCUT2D eigenvalue weighted by atomic mass is 16.4. The minimum Gasteiger partial charge on any atom is -0.481 e. The molecule has 0 radical (unpaired) electrons. The number of nitrogens with zero attached hydrogens (tertiary/aromatic N) is 1. The number of carbonyl (C=O) groups is 2. The summed E-state index contributed by atoms with van der Waals surface area (Å²) < 4.78 is 0. The van der Waals surface area contributed by atoms with Crippen molar-refractivity contribution in [3.8, 4) is 0 Å². The van der Waals surface area contributed by atoms with Gasteiger partial charge in [0.25, 0.3) is 0 Å². The van der Waals surface area contributed by atoms with Gasteiger partial charge in [0.15, 0.2) is 0 Å². The lowest BCUT2D eigenvalue weighted by Crippen LogP contribution is -2.52. The Balaban J connectivity index is 2.69. The van der Waals surface area contributed by atoms with E-state index in [4.69, 9.17) is 10.8 Å². The van der Waals surface area contributed by atoms with Gasteiger partial charge in [-0.3, -0.25) is 4.79 Å². The van der Waals surface area contributed by atoms with Crippen molar-refractivity contribution in [2.75, 3.05) is 0 Å². The lowest BCUT2D eigenvalue weighted by Gasteiger charge is -2.49. The van der Waals surface area contributed by atoms with E-state index in [0.29, 0.717) is 12.1 Å². The van der Waals surface area contributed by atoms with Crippen molar-refractivity contribution in [2.45, 2.75) is 27.2 Å². The van der Waals surface area contributed by atoms with E-state index in [2.05, 4.69) is 10.5 Å². The van der Waals surface area contributed by atoms with Gasteiger partial charge < -0.3 is 10.8 Å². The number of urea groups is 1. The molecule has 16 heavy (non-hydrogen) atoms. The first-order valence-corrected chi connectivity index (χ1v) is 5.09. The minimum absolute atomic E-state index is 0.0699. The Morgan fingerprint density at radius 1 is 1.44 bits per heavy atom. The van der Waals surface area contributed by atoms with Crippen molar-refractivity contribution >= 4 is 17.7 Å². The molecule has 1 fully saturated rings. The highest BCUT2D eigenvalue weighted by molar-refractivity contribution is 5.89.